The molecule has 0 bridgehead atoms. The van der Waals surface area contributed by atoms with Crippen LogP contribution in [0.15, 0.2) is 36.5 Å². The molecular formula is C14H14ClN3O. The lowest BCUT2D eigenvalue weighted by Crippen LogP contribution is -2.13. The highest BCUT2D eigenvalue weighted by Gasteiger charge is 2.12. The molecule has 0 saturated heterocycles. The minimum atomic E-state index is -0.547. The second-order valence-electron chi connectivity index (χ2n) is 4.32. The topological polar surface area (TPSA) is 59.2 Å². The molecule has 1 amide bonds. The molecule has 0 aliphatic rings. The summed E-state index contributed by atoms with van der Waals surface area (Å²) in [6.45, 7) is 0. The number of hydrogen-bond donors (Lipinski definition) is 1. The maximum absolute atomic E-state index is 11.3. The van der Waals surface area contributed by atoms with E-state index in [1.807, 2.05) is 37.2 Å². The first-order valence-electron chi connectivity index (χ1n) is 5.72. The predicted octanol–water partition coefficient (Wildman–Crippen LogP) is 2.57. The lowest BCUT2D eigenvalue weighted by Gasteiger charge is -2.16. The Morgan fingerprint density at radius 1 is 1.32 bits per heavy atom. The van der Waals surface area contributed by atoms with Crippen molar-refractivity contribution in [3.8, 4) is 11.3 Å². The van der Waals surface area contributed by atoms with E-state index in [2.05, 4.69) is 4.98 Å². The summed E-state index contributed by atoms with van der Waals surface area (Å²) in [5, 5.41) is 0.346. The lowest BCUT2D eigenvalue weighted by atomic mass is 10.1. The fourth-order valence-corrected chi connectivity index (χ4v) is 2.05. The molecule has 1 heterocycles. The van der Waals surface area contributed by atoms with Crippen molar-refractivity contribution in [1.82, 2.24) is 4.98 Å². The number of halogens is 1. The fraction of sp³-hybridized carbons (Fsp3) is 0.143. The van der Waals surface area contributed by atoms with Gasteiger partial charge >= 0.3 is 0 Å². The standard InChI is InChI=1S/C14H14ClN3O/c1-18(2)12-4-3-7-17-13(12)9-5-6-11(15)10(8-9)14(16)19/h3-8H,1-2H3,(H2,16,19). The number of amides is 1. The minimum absolute atomic E-state index is 0.300. The molecule has 1 aromatic carbocycles. The summed E-state index contributed by atoms with van der Waals surface area (Å²) >= 11 is 5.95. The van der Waals surface area contributed by atoms with E-state index in [0.29, 0.717) is 10.6 Å². The molecule has 19 heavy (non-hydrogen) atoms. The van der Waals surface area contributed by atoms with Gasteiger partial charge in [0.05, 0.1) is 22.0 Å². The second kappa shape index (κ2) is 5.28. The molecule has 2 aromatic rings. The number of anilines is 1. The Hall–Kier alpha value is -2.07. The Balaban J connectivity index is 2.60. The summed E-state index contributed by atoms with van der Waals surface area (Å²) < 4.78 is 0. The predicted molar refractivity (Wildman–Crippen MR) is 77.5 cm³/mol. The average Bonchev–Trinajstić information content (AvgIpc) is 2.39. The van der Waals surface area contributed by atoms with E-state index in [0.717, 1.165) is 16.9 Å². The van der Waals surface area contributed by atoms with E-state index in [4.69, 9.17) is 17.3 Å². The summed E-state index contributed by atoms with van der Waals surface area (Å²) in [5.41, 5.74) is 8.16. The van der Waals surface area contributed by atoms with E-state index in [1.165, 1.54) is 0 Å². The van der Waals surface area contributed by atoms with E-state index in [-0.39, 0.29) is 0 Å². The molecule has 0 unspecified atom stereocenters. The van der Waals surface area contributed by atoms with Crippen LogP contribution in [0.5, 0.6) is 0 Å². The largest absolute Gasteiger partial charge is 0.376 e. The van der Waals surface area contributed by atoms with E-state index >= 15 is 0 Å². The van der Waals surface area contributed by atoms with Gasteiger partial charge in [-0.1, -0.05) is 17.7 Å². The molecule has 2 rings (SSSR count). The normalized spacial score (nSPS) is 10.3. The van der Waals surface area contributed by atoms with Crippen molar-refractivity contribution >= 4 is 23.2 Å². The maximum Gasteiger partial charge on any atom is 0.250 e. The van der Waals surface area contributed by atoms with Gasteiger partial charge in [0.25, 0.3) is 0 Å². The molecule has 0 atom stereocenters. The van der Waals surface area contributed by atoms with Crippen LogP contribution in [0.3, 0.4) is 0 Å². The first-order chi connectivity index (χ1) is 9.00. The molecule has 98 valence electrons. The SMILES string of the molecule is CN(C)c1cccnc1-c1ccc(Cl)c(C(N)=O)c1. The number of carbonyl (C=O) groups excluding carboxylic acids is 1. The first kappa shape index (κ1) is 13.4. The van der Waals surface area contributed by atoms with Crippen LogP contribution >= 0.6 is 11.6 Å². The van der Waals surface area contributed by atoms with Crippen molar-refractivity contribution in [1.29, 1.82) is 0 Å². The van der Waals surface area contributed by atoms with E-state index in [9.17, 15) is 4.79 Å². The summed E-state index contributed by atoms with van der Waals surface area (Å²) in [6, 6.07) is 8.97. The van der Waals surface area contributed by atoms with Gasteiger partial charge in [-0.15, -0.1) is 0 Å². The number of benzene rings is 1. The number of nitrogens with two attached hydrogens (primary N) is 1. The summed E-state index contributed by atoms with van der Waals surface area (Å²) in [7, 11) is 3.87. The molecule has 0 saturated carbocycles. The Morgan fingerprint density at radius 3 is 2.68 bits per heavy atom. The van der Waals surface area contributed by atoms with Crippen LogP contribution in [0.4, 0.5) is 5.69 Å². The van der Waals surface area contributed by atoms with Crippen molar-refractivity contribution in [2.45, 2.75) is 0 Å². The van der Waals surface area contributed by atoms with Crippen molar-refractivity contribution in [2.75, 3.05) is 19.0 Å². The molecule has 0 aliphatic carbocycles. The number of nitrogens with zero attached hydrogens (tertiary/aromatic N) is 2. The van der Waals surface area contributed by atoms with Crippen LogP contribution in [0.2, 0.25) is 5.02 Å². The van der Waals surface area contributed by atoms with Crippen molar-refractivity contribution in [2.24, 2.45) is 5.73 Å². The zero-order valence-corrected chi connectivity index (χ0v) is 11.5. The van der Waals surface area contributed by atoms with Crippen LogP contribution < -0.4 is 10.6 Å². The lowest BCUT2D eigenvalue weighted by molar-refractivity contribution is 0.100. The zero-order chi connectivity index (χ0) is 14.0. The van der Waals surface area contributed by atoms with Crippen LogP contribution in [0, 0.1) is 0 Å². The number of carbonyl (C=O) groups is 1. The average molecular weight is 276 g/mol. The molecule has 0 fully saturated rings. The fourth-order valence-electron chi connectivity index (χ4n) is 1.84. The summed E-state index contributed by atoms with van der Waals surface area (Å²) in [4.78, 5) is 17.7. The maximum atomic E-state index is 11.3. The Labute approximate surface area is 116 Å². The third-order valence-corrected chi connectivity index (χ3v) is 3.10. The molecule has 4 nitrogen and oxygen atoms in total. The van der Waals surface area contributed by atoms with Crippen molar-refractivity contribution in [3.63, 3.8) is 0 Å². The van der Waals surface area contributed by atoms with Crippen molar-refractivity contribution < 1.29 is 4.79 Å². The molecule has 0 radical (unpaired) electrons. The number of pyridine rings is 1. The van der Waals surface area contributed by atoms with E-state index < -0.39 is 5.91 Å². The molecule has 2 N–H and O–H groups in total. The van der Waals surface area contributed by atoms with Crippen LogP contribution in [-0.4, -0.2) is 25.0 Å². The zero-order valence-electron chi connectivity index (χ0n) is 10.7. The number of primary amides is 1. The van der Waals surface area contributed by atoms with Crippen LogP contribution in [0.25, 0.3) is 11.3 Å². The highest BCUT2D eigenvalue weighted by molar-refractivity contribution is 6.33. The van der Waals surface area contributed by atoms with Gasteiger partial charge < -0.3 is 10.6 Å². The minimum Gasteiger partial charge on any atom is -0.376 e. The third kappa shape index (κ3) is 2.69. The smallest absolute Gasteiger partial charge is 0.250 e. The second-order valence-corrected chi connectivity index (χ2v) is 4.73. The number of hydrogen-bond acceptors (Lipinski definition) is 3. The molecule has 0 spiro atoms. The Bertz CT molecular complexity index is 626. The Kier molecular flexibility index (Phi) is 3.71. The van der Waals surface area contributed by atoms with Crippen molar-refractivity contribution in [3.05, 3.63) is 47.1 Å². The van der Waals surface area contributed by atoms with Gasteiger partial charge in [-0.25, -0.2) is 0 Å². The van der Waals surface area contributed by atoms with Gasteiger partial charge in [0.1, 0.15) is 0 Å². The van der Waals surface area contributed by atoms with Crippen LogP contribution in [0.1, 0.15) is 10.4 Å². The number of aromatic nitrogens is 1. The van der Waals surface area contributed by atoms with E-state index in [1.54, 1.807) is 18.3 Å². The molecule has 1 aromatic heterocycles. The highest BCUT2D eigenvalue weighted by atomic mass is 35.5. The Morgan fingerprint density at radius 2 is 2.05 bits per heavy atom. The van der Waals surface area contributed by atoms with Gasteiger partial charge in [0.15, 0.2) is 0 Å². The van der Waals surface area contributed by atoms with Gasteiger partial charge in [0, 0.05) is 25.9 Å². The van der Waals surface area contributed by atoms with Gasteiger partial charge in [-0.2, -0.15) is 0 Å². The first-order valence-corrected chi connectivity index (χ1v) is 6.10. The van der Waals surface area contributed by atoms with Gasteiger partial charge in [-0.3, -0.25) is 9.78 Å². The van der Waals surface area contributed by atoms with Gasteiger partial charge in [0.2, 0.25) is 5.91 Å². The highest BCUT2D eigenvalue weighted by Crippen LogP contribution is 2.29. The molecule has 0 aliphatic heterocycles. The third-order valence-electron chi connectivity index (χ3n) is 2.77. The van der Waals surface area contributed by atoms with Crippen LogP contribution in [-0.2, 0) is 0 Å². The quantitative estimate of drug-likeness (QED) is 0.936. The summed E-state index contributed by atoms with van der Waals surface area (Å²) in [5.74, 6) is -0.547. The number of rotatable bonds is 3. The van der Waals surface area contributed by atoms with Gasteiger partial charge in [-0.05, 0) is 24.3 Å². The monoisotopic (exact) mass is 275 g/mol. The molecular weight excluding hydrogens is 262 g/mol. The summed E-state index contributed by atoms with van der Waals surface area (Å²) in [6.07, 6.45) is 1.71. The molecule has 5 heteroatoms.